The van der Waals surface area contributed by atoms with Gasteiger partial charge in [-0.2, -0.15) is 0 Å². The Balaban J connectivity index is 3.60. The van der Waals surface area contributed by atoms with Crippen LogP contribution in [0.15, 0.2) is 0 Å². The molecule has 1 unspecified atom stereocenters. The predicted molar refractivity (Wildman–Crippen MR) is 72.1 cm³/mol. The molecule has 0 saturated heterocycles. The Morgan fingerprint density at radius 2 is 2.00 bits per heavy atom. The second-order valence-corrected chi connectivity index (χ2v) is 5.11. The van der Waals surface area contributed by atoms with Gasteiger partial charge in [-0.1, -0.05) is 6.92 Å². The highest BCUT2D eigenvalue weighted by Crippen LogP contribution is 2.15. The maximum absolute atomic E-state index is 10.0. The van der Waals surface area contributed by atoms with Crippen LogP contribution in [0.3, 0.4) is 0 Å². The molecular weight excluding hydrogens is 216 g/mol. The second-order valence-electron chi connectivity index (χ2n) is 5.11. The van der Waals surface area contributed by atoms with E-state index >= 15 is 0 Å². The maximum atomic E-state index is 10.0. The van der Waals surface area contributed by atoms with E-state index < -0.39 is 5.60 Å². The second kappa shape index (κ2) is 8.86. The molecule has 0 saturated carbocycles. The van der Waals surface area contributed by atoms with Crippen molar-refractivity contribution in [3.8, 4) is 0 Å². The van der Waals surface area contributed by atoms with E-state index in [4.69, 9.17) is 10.5 Å². The Kier molecular flexibility index (Phi) is 8.78. The van der Waals surface area contributed by atoms with Gasteiger partial charge in [-0.3, -0.25) is 0 Å². The van der Waals surface area contributed by atoms with Crippen LogP contribution in [0, 0.1) is 0 Å². The lowest BCUT2D eigenvalue weighted by molar-refractivity contribution is 0.0299. The number of hydrogen-bond donors (Lipinski definition) is 2. The first-order chi connectivity index (χ1) is 7.93. The Labute approximate surface area is 106 Å². The molecule has 0 amide bonds. The summed E-state index contributed by atoms with van der Waals surface area (Å²) < 4.78 is 5.49. The normalized spacial score (nSPS) is 15.5. The van der Waals surface area contributed by atoms with Crippen molar-refractivity contribution in [2.24, 2.45) is 5.73 Å². The number of nitrogens with two attached hydrogens (primary N) is 1. The molecule has 104 valence electrons. The van der Waals surface area contributed by atoms with Crippen molar-refractivity contribution in [2.75, 3.05) is 33.3 Å². The largest absolute Gasteiger partial charge is 0.389 e. The van der Waals surface area contributed by atoms with Crippen LogP contribution in [0.2, 0.25) is 0 Å². The summed E-state index contributed by atoms with van der Waals surface area (Å²) in [6.07, 6.45) is 2.77. The van der Waals surface area contributed by atoms with Gasteiger partial charge in [0.1, 0.15) is 0 Å². The first kappa shape index (κ1) is 16.8. The summed E-state index contributed by atoms with van der Waals surface area (Å²) in [6.45, 7) is 9.10. The van der Waals surface area contributed by atoms with Crippen molar-refractivity contribution in [2.45, 2.75) is 51.7 Å². The molecule has 1 atom stereocenters. The van der Waals surface area contributed by atoms with Gasteiger partial charge in [-0.25, -0.2) is 0 Å². The molecule has 0 aliphatic heterocycles. The summed E-state index contributed by atoms with van der Waals surface area (Å²) in [5.41, 5.74) is 4.89. The summed E-state index contributed by atoms with van der Waals surface area (Å²) in [6, 6.07) is 0. The third kappa shape index (κ3) is 8.55. The van der Waals surface area contributed by atoms with E-state index in [0.29, 0.717) is 12.6 Å². The Bertz CT molecular complexity index is 182. The highest BCUT2D eigenvalue weighted by molar-refractivity contribution is 4.77. The van der Waals surface area contributed by atoms with E-state index in [1.165, 1.54) is 0 Å². The number of ether oxygens (including phenoxy) is 1. The molecule has 0 fully saturated rings. The zero-order chi connectivity index (χ0) is 13.3. The van der Waals surface area contributed by atoms with E-state index in [2.05, 4.69) is 11.9 Å². The van der Waals surface area contributed by atoms with Gasteiger partial charge in [0, 0.05) is 13.1 Å². The molecular formula is C13H30N2O2. The van der Waals surface area contributed by atoms with Gasteiger partial charge in [0.25, 0.3) is 0 Å². The lowest BCUT2D eigenvalue weighted by atomic mass is 9.95. The first-order valence-corrected chi connectivity index (χ1v) is 6.66. The molecule has 3 N–H and O–H groups in total. The maximum Gasteiger partial charge on any atom is 0.0767 e. The van der Waals surface area contributed by atoms with Gasteiger partial charge in [0.2, 0.25) is 0 Å². The highest BCUT2D eigenvalue weighted by atomic mass is 16.5. The summed E-state index contributed by atoms with van der Waals surface area (Å²) in [4.78, 5) is 2.23. The molecule has 0 rings (SSSR count). The molecule has 0 aromatic carbocycles. The van der Waals surface area contributed by atoms with Crippen molar-refractivity contribution >= 4 is 0 Å². The fourth-order valence-electron chi connectivity index (χ4n) is 1.66. The van der Waals surface area contributed by atoms with Gasteiger partial charge < -0.3 is 20.5 Å². The monoisotopic (exact) mass is 246 g/mol. The van der Waals surface area contributed by atoms with Crippen molar-refractivity contribution in [3.05, 3.63) is 0 Å². The van der Waals surface area contributed by atoms with Gasteiger partial charge >= 0.3 is 0 Å². The van der Waals surface area contributed by atoms with Gasteiger partial charge in [-0.15, -0.1) is 0 Å². The summed E-state index contributed by atoms with van der Waals surface area (Å²) in [5, 5.41) is 10.0. The average Bonchev–Trinajstić information content (AvgIpc) is 2.28. The molecule has 4 heteroatoms. The minimum absolute atomic E-state index is 0.297. The molecule has 0 bridgehead atoms. The number of aliphatic hydroxyl groups is 1. The van der Waals surface area contributed by atoms with E-state index in [-0.39, 0.29) is 0 Å². The van der Waals surface area contributed by atoms with Crippen LogP contribution in [-0.4, -0.2) is 55.0 Å². The van der Waals surface area contributed by atoms with Crippen LogP contribution >= 0.6 is 0 Å². The molecule has 4 nitrogen and oxygen atoms in total. The van der Waals surface area contributed by atoms with Crippen LogP contribution in [-0.2, 0) is 4.74 Å². The van der Waals surface area contributed by atoms with Gasteiger partial charge in [-0.05, 0) is 46.7 Å². The zero-order valence-electron chi connectivity index (χ0n) is 11.9. The summed E-state index contributed by atoms with van der Waals surface area (Å²) >= 11 is 0. The van der Waals surface area contributed by atoms with Crippen LogP contribution in [0.4, 0.5) is 0 Å². The van der Waals surface area contributed by atoms with Crippen molar-refractivity contribution in [1.29, 1.82) is 0 Å². The lowest BCUT2D eigenvalue weighted by Crippen LogP contribution is -2.38. The Morgan fingerprint density at radius 3 is 2.47 bits per heavy atom. The lowest BCUT2D eigenvalue weighted by Gasteiger charge is -2.26. The molecule has 0 aromatic heterocycles. The third-order valence-corrected chi connectivity index (χ3v) is 3.14. The van der Waals surface area contributed by atoms with E-state index in [0.717, 1.165) is 39.0 Å². The van der Waals surface area contributed by atoms with Crippen LogP contribution in [0.5, 0.6) is 0 Å². The fourth-order valence-corrected chi connectivity index (χ4v) is 1.66. The first-order valence-electron chi connectivity index (χ1n) is 6.66. The topological polar surface area (TPSA) is 58.7 Å². The quantitative estimate of drug-likeness (QED) is 0.608. The van der Waals surface area contributed by atoms with E-state index in [1.807, 2.05) is 20.8 Å². The van der Waals surface area contributed by atoms with Gasteiger partial charge in [0.05, 0.1) is 18.3 Å². The number of likely N-dealkylation sites (N-methyl/N-ethyl adjacent to an activating group) is 1. The Morgan fingerprint density at radius 1 is 1.35 bits per heavy atom. The molecule has 17 heavy (non-hydrogen) atoms. The molecule has 0 spiro atoms. The average molecular weight is 246 g/mol. The fraction of sp³-hybridized carbons (Fsp3) is 1.00. The third-order valence-electron chi connectivity index (χ3n) is 3.14. The van der Waals surface area contributed by atoms with Crippen molar-refractivity contribution < 1.29 is 9.84 Å². The molecule has 0 radical (unpaired) electrons. The zero-order valence-corrected chi connectivity index (χ0v) is 11.9. The standard InChI is InChI=1S/C13H30N2O2/c1-5-13(16,11-14)7-6-8-15(4)9-10-17-12(2)3/h12,16H,5-11,14H2,1-4H3. The predicted octanol–water partition coefficient (Wildman–Crippen LogP) is 1.22. The van der Waals surface area contributed by atoms with E-state index in [1.54, 1.807) is 0 Å². The SMILES string of the molecule is CCC(O)(CN)CCCN(C)CCOC(C)C. The Hall–Kier alpha value is -0.160. The van der Waals surface area contributed by atoms with Crippen LogP contribution in [0.25, 0.3) is 0 Å². The summed E-state index contributed by atoms with van der Waals surface area (Å²) in [5.74, 6) is 0. The van der Waals surface area contributed by atoms with Crippen LogP contribution in [0.1, 0.15) is 40.0 Å². The van der Waals surface area contributed by atoms with Crippen LogP contribution < -0.4 is 5.73 Å². The van der Waals surface area contributed by atoms with Crippen molar-refractivity contribution in [1.82, 2.24) is 4.90 Å². The minimum Gasteiger partial charge on any atom is -0.389 e. The molecule has 0 heterocycles. The highest BCUT2D eigenvalue weighted by Gasteiger charge is 2.21. The number of nitrogens with zero attached hydrogens (tertiary/aromatic N) is 1. The minimum atomic E-state index is -0.671. The molecule has 0 aliphatic carbocycles. The number of hydrogen-bond acceptors (Lipinski definition) is 4. The van der Waals surface area contributed by atoms with Gasteiger partial charge in [0.15, 0.2) is 0 Å². The molecule has 0 aliphatic rings. The summed E-state index contributed by atoms with van der Waals surface area (Å²) in [7, 11) is 2.08. The smallest absolute Gasteiger partial charge is 0.0767 e. The van der Waals surface area contributed by atoms with E-state index in [9.17, 15) is 5.11 Å². The van der Waals surface area contributed by atoms with Crippen molar-refractivity contribution in [3.63, 3.8) is 0 Å². The number of rotatable bonds is 10. The molecule has 0 aromatic rings.